The zero-order chi connectivity index (χ0) is 22.6. The van der Waals surface area contributed by atoms with E-state index in [1.165, 1.54) is 6.20 Å². The lowest BCUT2D eigenvalue weighted by Gasteiger charge is -2.17. The smallest absolute Gasteiger partial charge is 0.290 e. The second-order valence-electron chi connectivity index (χ2n) is 8.84. The van der Waals surface area contributed by atoms with Crippen molar-refractivity contribution in [3.63, 3.8) is 0 Å². The number of anilines is 1. The number of nitrogens with zero attached hydrogens (tertiary/aromatic N) is 3. The molecule has 1 saturated heterocycles. The molecule has 4 heterocycles. The first kappa shape index (κ1) is 21.0. The number of hydrogen-bond acceptors (Lipinski definition) is 6. The number of hydrogen-bond donors (Lipinski definition) is 2. The molecule has 0 bridgehead atoms. The van der Waals surface area contributed by atoms with E-state index in [9.17, 15) is 13.6 Å². The van der Waals surface area contributed by atoms with Crippen LogP contribution >= 0.6 is 0 Å². The SMILES string of the molecule is CCS(=O)(=O)Nc1cnc(OCC2C3CN(C)CC23)c(-c2cc(C)[n+]([O-])c3[nH]ccc23)c1. The van der Waals surface area contributed by atoms with E-state index in [2.05, 4.69) is 26.6 Å². The van der Waals surface area contributed by atoms with Gasteiger partial charge in [0, 0.05) is 30.1 Å². The van der Waals surface area contributed by atoms with Crippen LogP contribution in [-0.2, 0) is 10.0 Å². The standard InChI is InChI=1S/C22H27N5O4S/c1-4-32(29,30)25-14-8-17(16-7-13(2)27(28)21-15(16)5-6-23-21)22(24-9-14)31-12-20-18-10-26(3)11-19(18)20/h5-9,18-20,23,25H,4,10-12H2,1-3H3. The van der Waals surface area contributed by atoms with Crippen LogP contribution in [0.2, 0.25) is 0 Å². The minimum Gasteiger partial charge on any atom is -0.710 e. The van der Waals surface area contributed by atoms with Gasteiger partial charge in [-0.2, -0.15) is 0 Å². The van der Waals surface area contributed by atoms with Gasteiger partial charge >= 0.3 is 0 Å². The van der Waals surface area contributed by atoms with Crippen molar-refractivity contribution < 1.29 is 17.9 Å². The Hall–Kier alpha value is -2.85. The second-order valence-corrected chi connectivity index (χ2v) is 10.9. The predicted molar refractivity (Wildman–Crippen MR) is 122 cm³/mol. The maximum atomic E-state index is 12.5. The average Bonchev–Trinajstić information content (AvgIpc) is 3.12. The summed E-state index contributed by atoms with van der Waals surface area (Å²) in [6.07, 6.45) is 3.19. The molecule has 3 aromatic heterocycles. The first-order chi connectivity index (χ1) is 15.3. The number of nitrogens with one attached hydrogen (secondary N) is 2. The van der Waals surface area contributed by atoms with Crippen molar-refractivity contribution in [2.75, 3.05) is 37.2 Å². The van der Waals surface area contributed by atoms with Crippen molar-refractivity contribution in [1.82, 2.24) is 14.9 Å². The minimum absolute atomic E-state index is 0.0395. The molecule has 3 aromatic rings. The highest BCUT2D eigenvalue weighted by Crippen LogP contribution is 2.51. The number of aromatic amines is 1. The molecule has 1 saturated carbocycles. The number of H-pyrrole nitrogens is 1. The van der Waals surface area contributed by atoms with Gasteiger partial charge in [-0.3, -0.25) is 4.72 Å². The Kier molecular flexibility index (Phi) is 5.01. The van der Waals surface area contributed by atoms with Gasteiger partial charge in [0.15, 0.2) is 0 Å². The molecule has 10 heteroatoms. The van der Waals surface area contributed by atoms with Crippen LogP contribution in [0.5, 0.6) is 5.88 Å². The molecule has 32 heavy (non-hydrogen) atoms. The molecule has 0 radical (unpaired) electrons. The molecule has 0 aromatic carbocycles. The Bertz CT molecular complexity index is 1280. The summed E-state index contributed by atoms with van der Waals surface area (Å²) >= 11 is 0. The van der Waals surface area contributed by atoms with Crippen molar-refractivity contribution in [1.29, 1.82) is 0 Å². The normalized spacial score (nSPS) is 22.8. The molecule has 2 fully saturated rings. The summed E-state index contributed by atoms with van der Waals surface area (Å²) in [5.41, 5.74) is 2.73. The van der Waals surface area contributed by atoms with E-state index in [-0.39, 0.29) is 5.75 Å². The molecule has 9 nitrogen and oxygen atoms in total. The quantitative estimate of drug-likeness (QED) is 0.415. The lowest BCUT2D eigenvalue weighted by atomic mass is 10.0. The van der Waals surface area contributed by atoms with E-state index < -0.39 is 10.0 Å². The molecule has 0 amide bonds. The van der Waals surface area contributed by atoms with E-state index in [0.717, 1.165) is 28.8 Å². The highest BCUT2D eigenvalue weighted by molar-refractivity contribution is 7.92. The zero-order valence-electron chi connectivity index (χ0n) is 18.3. The van der Waals surface area contributed by atoms with Crippen LogP contribution in [0.25, 0.3) is 22.2 Å². The van der Waals surface area contributed by atoms with Crippen molar-refractivity contribution in [2.45, 2.75) is 13.8 Å². The molecule has 2 unspecified atom stereocenters. The Morgan fingerprint density at radius 2 is 2.06 bits per heavy atom. The first-order valence-corrected chi connectivity index (χ1v) is 12.4. The number of rotatable bonds is 7. The minimum atomic E-state index is -3.46. The van der Waals surface area contributed by atoms with E-state index in [0.29, 0.717) is 52.8 Å². The van der Waals surface area contributed by atoms with E-state index >= 15 is 0 Å². The third kappa shape index (κ3) is 3.67. The van der Waals surface area contributed by atoms with Crippen LogP contribution in [-0.4, -0.2) is 55.8 Å². The highest BCUT2D eigenvalue weighted by Gasteiger charge is 2.55. The zero-order valence-corrected chi connectivity index (χ0v) is 19.1. The maximum Gasteiger partial charge on any atom is 0.290 e. The highest BCUT2D eigenvalue weighted by atomic mass is 32.2. The largest absolute Gasteiger partial charge is 0.710 e. The third-order valence-electron chi connectivity index (χ3n) is 6.65. The Morgan fingerprint density at radius 1 is 1.31 bits per heavy atom. The fourth-order valence-electron chi connectivity index (χ4n) is 4.84. The van der Waals surface area contributed by atoms with Crippen LogP contribution in [0.1, 0.15) is 12.6 Å². The third-order valence-corrected chi connectivity index (χ3v) is 7.96. The van der Waals surface area contributed by atoms with Crippen LogP contribution in [0, 0.1) is 29.9 Å². The molecule has 1 aliphatic heterocycles. The van der Waals surface area contributed by atoms with Gasteiger partial charge in [-0.25, -0.2) is 23.1 Å². The average molecular weight is 458 g/mol. The monoisotopic (exact) mass is 457 g/mol. The Labute approximate surface area is 187 Å². The number of fused-ring (bicyclic) bond motifs is 2. The van der Waals surface area contributed by atoms with Crippen LogP contribution in [0.3, 0.4) is 0 Å². The van der Waals surface area contributed by atoms with Crippen molar-refractivity contribution >= 4 is 26.7 Å². The molecule has 1 aliphatic carbocycles. The number of aromatic nitrogens is 3. The fraction of sp³-hybridized carbons (Fsp3) is 0.455. The van der Waals surface area contributed by atoms with Gasteiger partial charge < -0.3 is 14.8 Å². The van der Waals surface area contributed by atoms with Crippen molar-refractivity contribution in [3.8, 4) is 17.0 Å². The Balaban J connectivity index is 1.53. The van der Waals surface area contributed by atoms with Crippen molar-refractivity contribution in [2.24, 2.45) is 17.8 Å². The summed E-state index contributed by atoms with van der Waals surface area (Å²) in [5.74, 6) is 2.27. The van der Waals surface area contributed by atoms with Gasteiger partial charge in [0.05, 0.1) is 35.8 Å². The van der Waals surface area contributed by atoms with E-state index in [1.807, 2.05) is 6.07 Å². The van der Waals surface area contributed by atoms with Crippen LogP contribution < -0.4 is 14.2 Å². The number of aryl methyl sites for hydroxylation is 1. The second kappa shape index (κ2) is 7.63. The molecule has 2 atom stereocenters. The van der Waals surface area contributed by atoms with Gasteiger partial charge in [0.1, 0.15) is 5.69 Å². The molecule has 170 valence electrons. The van der Waals surface area contributed by atoms with Crippen LogP contribution in [0.15, 0.2) is 30.6 Å². The summed E-state index contributed by atoms with van der Waals surface area (Å²) in [7, 11) is -1.32. The van der Waals surface area contributed by atoms with Gasteiger partial charge in [-0.15, -0.1) is 0 Å². The Morgan fingerprint density at radius 3 is 2.78 bits per heavy atom. The number of ether oxygens (including phenoxy) is 1. The molecule has 2 N–H and O–H groups in total. The summed E-state index contributed by atoms with van der Waals surface area (Å²) < 4.78 is 33.8. The fourth-order valence-corrected chi connectivity index (χ4v) is 5.46. The first-order valence-electron chi connectivity index (χ1n) is 10.8. The van der Waals surface area contributed by atoms with E-state index in [4.69, 9.17) is 4.74 Å². The van der Waals surface area contributed by atoms with Gasteiger partial charge in [-0.05, 0) is 50.9 Å². The summed E-state index contributed by atoms with van der Waals surface area (Å²) in [4.78, 5) is 9.80. The lowest BCUT2D eigenvalue weighted by molar-refractivity contribution is -0.586. The van der Waals surface area contributed by atoms with Gasteiger partial charge in [-0.1, -0.05) is 0 Å². The lowest BCUT2D eigenvalue weighted by Crippen LogP contribution is -2.31. The topological polar surface area (TPSA) is 114 Å². The van der Waals surface area contributed by atoms with Crippen molar-refractivity contribution in [3.05, 3.63) is 41.5 Å². The molecular formula is C22H27N5O4S. The van der Waals surface area contributed by atoms with Gasteiger partial charge in [0.25, 0.3) is 5.65 Å². The summed E-state index contributed by atoms with van der Waals surface area (Å²) in [6, 6.07) is 5.34. The molecule has 5 rings (SSSR count). The number of likely N-dealkylation sites (tertiary alicyclic amines) is 1. The predicted octanol–water partition coefficient (Wildman–Crippen LogP) is 2.12. The molecule has 2 aliphatic rings. The molecular weight excluding hydrogens is 430 g/mol. The summed E-state index contributed by atoms with van der Waals surface area (Å²) in [5, 5.41) is 13.2. The van der Waals surface area contributed by atoms with Gasteiger partial charge in [0.2, 0.25) is 15.9 Å². The maximum absolute atomic E-state index is 12.5. The van der Waals surface area contributed by atoms with E-state index in [1.54, 1.807) is 32.2 Å². The number of pyridine rings is 2. The summed E-state index contributed by atoms with van der Waals surface area (Å²) in [6.45, 7) is 6.09. The number of sulfonamides is 1. The molecule has 0 spiro atoms. The van der Waals surface area contributed by atoms with Crippen LogP contribution in [0.4, 0.5) is 5.69 Å². The number of piperidine rings is 1.